The molecule has 1 atom stereocenters. The van der Waals surface area contributed by atoms with Crippen LogP contribution in [0.3, 0.4) is 0 Å². The summed E-state index contributed by atoms with van der Waals surface area (Å²) in [7, 11) is 0. The summed E-state index contributed by atoms with van der Waals surface area (Å²) in [6, 6.07) is 6.74. The quantitative estimate of drug-likeness (QED) is 0.813. The maximum Gasteiger partial charge on any atom is 0.0409 e. The largest absolute Gasteiger partial charge is 0.310 e. The molecular weight excluding hydrogens is 218 g/mol. The lowest BCUT2D eigenvalue weighted by molar-refractivity contribution is 0.479. The Balaban J connectivity index is 2.19. The lowest BCUT2D eigenvalue weighted by Crippen LogP contribution is -2.24. The van der Waals surface area contributed by atoms with Gasteiger partial charge in [0.25, 0.3) is 0 Å². The predicted octanol–water partition coefficient (Wildman–Crippen LogP) is 4.10. The molecule has 1 aliphatic carbocycles. The molecule has 1 aromatic rings. The third kappa shape index (κ3) is 2.78. The monoisotopic (exact) mass is 237 g/mol. The van der Waals surface area contributed by atoms with Gasteiger partial charge in [-0.1, -0.05) is 24.6 Å². The summed E-state index contributed by atoms with van der Waals surface area (Å²) >= 11 is 6.09. The highest BCUT2D eigenvalue weighted by molar-refractivity contribution is 6.30. The molecule has 16 heavy (non-hydrogen) atoms. The zero-order chi connectivity index (χ0) is 11.5. The van der Waals surface area contributed by atoms with Gasteiger partial charge < -0.3 is 5.32 Å². The molecule has 88 valence electrons. The molecule has 0 aliphatic heterocycles. The highest BCUT2D eigenvalue weighted by atomic mass is 35.5. The Hall–Kier alpha value is -0.530. The number of nitrogens with one attached hydrogen (secondary N) is 1. The standard InChI is InChI=1S/C14H20ClN/c1-3-8-16-14(11-5-6-11)13-9-12(15)7-4-10(13)2/h4,7,9,11,14,16H,3,5-6,8H2,1-2H3. The fourth-order valence-corrected chi connectivity index (χ4v) is 2.39. The maximum atomic E-state index is 6.09. The van der Waals surface area contributed by atoms with Gasteiger partial charge in [-0.25, -0.2) is 0 Å². The van der Waals surface area contributed by atoms with E-state index < -0.39 is 0 Å². The summed E-state index contributed by atoms with van der Waals surface area (Å²) in [5, 5.41) is 4.51. The number of hydrogen-bond acceptors (Lipinski definition) is 1. The molecule has 1 aromatic carbocycles. The molecule has 1 fully saturated rings. The molecule has 1 unspecified atom stereocenters. The first kappa shape index (κ1) is 11.9. The van der Waals surface area contributed by atoms with Crippen LogP contribution in [0, 0.1) is 12.8 Å². The minimum absolute atomic E-state index is 0.513. The van der Waals surface area contributed by atoms with Crippen LogP contribution in [0.25, 0.3) is 0 Å². The molecule has 0 aromatic heterocycles. The van der Waals surface area contributed by atoms with Crippen LogP contribution in [-0.2, 0) is 0 Å². The van der Waals surface area contributed by atoms with Crippen molar-refractivity contribution >= 4 is 11.6 Å². The van der Waals surface area contributed by atoms with Crippen LogP contribution in [0.1, 0.15) is 43.4 Å². The minimum Gasteiger partial charge on any atom is -0.310 e. The summed E-state index contributed by atoms with van der Waals surface area (Å²) in [5.74, 6) is 0.823. The second kappa shape index (κ2) is 5.20. The van der Waals surface area contributed by atoms with Gasteiger partial charge in [0.05, 0.1) is 0 Å². The van der Waals surface area contributed by atoms with E-state index in [1.54, 1.807) is 0 Å². The Labute approximate surface area is 103 Å². The van der Waals surface area contributed by atoms with Crippen LogP contribution >= 0.6 is 11.6 Å². The van der Waals surface area contributed by atoms with E-state index in [1.807, 2.05) is 6.07 Å². The number of aryl methyl sites for hydroxylation is 1. The first-order chi connectivity index (χ1) is 7.72. The molecular formula is C14H20ClN. The van der Waals surface area contributed by atoms with E-state index in [1.165, 1.54) is 30.4 Å². The van der Waals surface area contributed by atoms with Crippen molar-refractivity contribution in [2.24, 2.45) is 5.92 Å². The SMILES string of the molecule is CCCNC(c1cc(Cl)ccc1C)C1CC1. The zero-order valence-electron chi connectivity index (χ0n) is 10.1. The van der Waals surface area contributed by atoms with E-state index in [9.17, 15) is 0 Å². The van der Waals surface area contributed by atoms with Gasteiger partial charge in [-0.2, -0.15) is 0 Å². The number of benzene rings is 1. The fraction of sp³-hybridized carbons (Fsp3) is 0.571. The lowest BCUT2D eigenvalue weighted by atomic mass is 9.97. The van der Waals surface area contributed by atoms with E-state index in [2.05, 4.69) is 31.3 Å². The number of halogens is 1. The van der Waals surface area contributed by atoms with Gasteiger partial charge in [-0.05, 0) is 61.9 Å². The van der Waals surface area contributed by atoms with Gasteiger partial charge in [0.1, 0.15) is 0 Å². The summed E-state index contributed by atoms with van der Waals surface area (Å²) in [5.41, 5.74) is 2.74. The van der Waals surface area contributed by atoms with Crippen molar-refractivity contribution in [2.75, 3.05) is 6.54 Å². The molecule has 0 saturated heterocycles. The molecule has 1 N–H and O–H groups in total. The maximum absolute atomic E-state index is 6.09. The van der Waals surface area contributed by atoms with Crippen LogP contribution in [0.15, 0.2) is 18.2 Å². The molecule has 0 radical (unpaired) electrons. The number of rotatable bonds is 5. The van der Waals surface area contributed by atoms with E-state index in [0.29, 0.717) is 6.04 Å². The first-order valence-corrected chi connectivity index (χ1v) is 6.59. The average Bonchev–Trinajstić information content (AvgIpc) is 3.08. The minimum atomic E-state index is 0.513. The Morgan fingerprint density at radius 2 is 2.19 bits per heavy atom. The van der Waals surface area contributed by atoms with Gasteiger partial charge in [-0.15, -0.1) is 0 Å². The van der Waals surface area contributed by atoms with Crippen molar-refractivity contribution < 1.29 is 0 Å². The van der Waals surface area contributed by atoms with Crippen molar-refractivity contribution in [3.63, 3.8) is 0 Å². The molecule has 0 spiro atoms. The van der Waals surface area contributed by atoms with E-state index in [-0.39, 0.29) is 0 Å². The third-order valence-electron chi connectivity index (χ3n) is 3.28. The van der Waals surface area contributed by atoms with E-state index in [4.69, 9.17) is 11.6 Å². The van der Waals surface area contributed by atoms with Gasteiger partial charge >= 0.3 is 0 Å². The normalized spacial score (nSPS) is 17.4. The molecule has 2 heteroatoms. The molecule has 1 saturated carbocycles. The molecule has 0 amide bonds. The van der Waals surface area contributed by atoms with Gasteiger partial charge in [0, 0.05) is 11.1 Å². The Morgan fingerprint density at radius 3 is 2.81 bits per heavy atom. The lowest BCUT2D eigenvalue weighted by Gasteiger charge is -2.20. The van der Waals surface area contributed by atoms with Crippen molar-refractivity contribution in [3.8, 4) is 0 Å². The molecule has 2 rings (SSSR count). The smallest absolute Gasteiger partial charge is 0.0409 e. The summed E-state index contributed by atoms with van der Waals surface area (Å²) in [4.78, 5) is 0. The molecule has 1 nitrogen and oxygen atoms in total. The van der Waals surface area contributed by atoms with Crippen molar-refractivity contribution in [1.82, 2.24) is 5.32 Å². The average molecular weight is 238 g/mol. The van der Waals surface area contributed by atoms with Crippen molar-refractivity contribution in [2.45, 2.75) is 39.2 Å². The van der Waals surface area contributed by atoms with Crippen LogP contribution in [0.5, 0.6) is 0 Å². The molecule has 0 heterocycles. The van der Waals surface area contributed by atoms with E-state index in [0.717, 1.165) is 17.5 Å². The summed E-state index contributed by atoms with van der Waals surface area (Å²) < 4.78 is 0. The van der Waals surface area contributed by atoms with Crippen LogP contribution in [0.2, 0.25) is 5.02 Å². The van der Waals surface area contributed by atoms with Crippen LogP contribution in [-0.4, -0.2) is 6.54 Å². The van der Waals surface area contributed by atoms with Gasteiger partial charge in [-0.3, -0.25) is 0 Å². The highest BCUT2D eigenvalue weighted by Gasteiger charge is 2.32. The van der Waals surface area contributed by atoms with Crippen molar-refractivity contribution in [3.05, 3.63) is 34.3 Å². The Morgan fingerprint density at radius 1 is 1.44 bits per heavy atom. The second-order valence-corrected chi connectivity index (χ2v) is 5.21. The molecule has 1 aliphatic rings. The summed E-state index contributed by atoms with van der Waals surface area (Å²) in [6.07, 6.45) is 3.89. The van der Waals surface area contributed by atoms with Gasteiger partial charge in [0.2, 0.25) is 0 Å². The first-order valence-electron chi connectivity index (χ1n) is 6.21. The fourth-order valence-electron chi connectivity index (χ4n) is 2.21. The summed E-state index contributed by atoms with van der Waals surface area (Å²) in [6.45, 7) is 5.48. The topological polar surface area (TPSA) is 12.0 Å². The van der Waals surface area contributed by atoms with Crippen molar-refractivity contribution in [1.29, 1.82) is 0 Å². The van der Waals surface area contributed by atoms with Crippen LogP contribution < -0.4 is 5.32 Å². The van der Waals surface area contributed by atoms with Gasteiger partial charge in [0.15, 0.2) is 0 Å². The molecule has 0 bridgehead atoms. The zero-order valence-corrected chi connectivity index (χ0v) is 10.8. The van der Waals surface area contributed by atoms with Crippen LogP contribution in [0.4, 0.5) is 0 Å². The number of hydrogen-bond donors (Lipinski definition) is 1. The Bertz CT molecular complexity index is 358. The Kier molecular flexibility index (Phi) is 3.88. The predicted molar refractivity (Wildman–Crippen MR) is 69.9 cm³/mol. The highest BCUT2D eigenvalue weighted by Crippen LogP contribution is 2.42. The second-order valence-electron chi connectivity index (χ2n) is 4.77. The third-order valence-corrected chi connectivity index (χ3v) is 3.52. The van der Waals surface area contributed by atoms with E-state index >= 15 is 0 Å².